The highest BCUT2D eigenvalue weighted by atomic mass is 35.5. The minimum atomic E-state index is -0.428. The van der Waals surface area contributed by atoms with Crippen molar-refractivity contribution in [3.05, 3.63) is 59.4 Å². The minimum Gasteiger partial charge on any atom is -0.339 e. The molecule has 1 aliphatic carbocycles. The van der Waals surface area contributed by atoms with Crippen molar-refractivity contribution in [2.24, 2.45) is 5.92 Å². The van der Waals surface area contributed by atoms with E-state index >= 15 is 0 Å². The van der Waals surface area contributed by atoms with Crippen molar-refractivity contribution in [2.75, 3.05) is 16.8 Å². The van der Waals surface area contributed by atoms with Crippen LogP contribution in [0.5, 0.6) is 0 Å². The fourth-order valence-corrected chi connectivity index (χ4v) is 4.02. The number of amides is 2. The van der Waals surface area contributed by atoms with Crippen LogP contribution in [0, 0.1) is 5.92 Å². The first-order valence-corrected chi connectivity index (χ1v) is 10.8. The van der Waals surface area contributed by atoms with Gasteiger partial charge in [-0.05, 0) is 49.2 Å². The molecule has 2 aromatic carbocycles. The molecule has 7 nitrogen and oxygen atoms in total. The van der Waals surface area contributed by atoms with Crippen LogP contribution in [0.4, 0.5) is 11.4 Å². The van der Waals surface area contributed by atoms with Crippen LogP contribution in [0.1, 0.15) is 37.5 Å². The molecule has 5 rings (SSSR count). The summed E-state index contributed by atoms with van der Waals surface area (Å²) in [6, 6.07) is 14.4. The second-order valence-corrected chi connectivity index (χ2v) is 8.47. The molecule has 1 saturated carbocycles. The minimum absolute atomic E-state index is 0.0864. The summed E-state index contributed by atoms with van der Waals surface area (Å²) < 4.78 is 5.42. The number of hydrogen-bond donors (Lipinski definition) is 1. The number of carbonyl (C=O) groups excluding carboxylic acids is 2. The number of benzene rings is 2. The lowest BCUT2D eigenvalue weighted by molar-refractivity contribution is -0.122. The third-order valence-corrected chi connectivity index (χ3v) is 6.17. The second-order valence-electron chi connectivity index (χ2n) is 8.04. The molecule has 2 amide bonds. The fraction of sp³-hybridized carbons (Fsp3) is 0.304. The maximum absolute atomic E-state index is 12.7. The molecule has 0 radical (unpaired) electrons. The molecule has 0 spiro atoms. The summed E-state index contributed by atoms with van der Waals surface area (Å²) in [4.78, 5) is 31.5. The quantitative estimate of drug-likeness (QED) is 0.629. The Morgan fingerprint density at radius 3 is 2.71 bits per heavy atom. The van der Waals surface area contributed by atoms with Gasteiger partial charge in [0.05, 0.1) is 5.92 Å². The summed E-state index contributed by atoms with van der Waals surface area (Å²) in [6.45, 7) is 0.321. The molecular weight excluding hydrogens is 416 g/mol. The first-order chi connectivity index (χ1) is 15.1. The summed E-state index contributed by atoms with van der Waals surface area (Å²) in [6.07, 6.45) is 3.53. The number of nitrogens with zero attached hydrogens (tertiary/aromatic N) is 3. The number of carbonyl (C=O) groups is 2. The van der Waals surface area contributed by atoms with Crippen LogP contribution in [0.25, 0.3) is 11.4 Å². The SMILES string of the molecule is O=C(Nc1ccc(Cl)cc1)[C@H]1CC(=O)N(c2cccc(-c3noc(C4CCC4)n3)c2)C1. The molecule has 3 aromatic rings. The summed E-state index contributed by atoms with van der Waals surface area (Å²) >= 11 is 5.89. The van der Waals surface area contributed by atoms with Gasteiger partial charge in [0.1, 0.15) is 0 Å². The van der Waals surface area contributed by atoms with Crippen molar-refractivity contribution < 1.29 is 14.1 Å². The van der Waals surface area contributed by atoms with Crippen LogP contribution in [0.3, 0.4) is 0 Å². The topological polar surface area (TPSA) is 88.3 Å². The van der Waals surface area contributed by atoms with Crippen LogP contribution in [-0.4, -0.2) is 28.5 Å². The number of halogens is 1. The van der Waals surface area contributed by atoms with Gasteiger partial charge in [-0.1, -0.05) is 35.3 Å². The van der Waals surface area contributed by atoms with Gasteiger partial charge in [0.25, 0.3) is 0 Å². The molecule has 158 valence electrons. The number of nitrogens with one attached hydrogen (secondary N) is 1. The van der Waals surface area contributed by atoms with Crippen LogP contribution in [0.2, 0.25) is 5.02 Å². The lowest BCUT2D eigenvalue weighted by Crippen LogP contribution is -2.28. The highest BCUT2D eigenvalue weighted by Crippen LogP contribution is 2.36. The molecule has 1 aliphatic heterocycles. The smallest absolute Gasteiger partial charge is 0.230 e. The molecule has 1 saturated heterocycles. The van der Waals surface area contributed by atoms with Gasteiger partial charge in [0.2, 0.25) is 23.5 Å². The van der Waals surface area contributed by atoms with E-state index in [1.54, 1.807) is 29.2 Å². The fourth-order valence-electron chi connectivity index (χ4n) is 3.90. The number of hydrogen-bond acceptors (Lipinski definition) is 5. The van der Waals surface area contributed by atoms with Crippen molar-refractivity contribution in [1.82, 2.24) is 10.1 Å². The Hall–Kier alpha value is -3.19. The first-order valence-electron chi connectivity index (χ1n) is 10.4. The summed E-state index contributed by atoms with van der Waals surface area (Å²) in [5, 5.41) is 7.56. The molecule has 0 unspecified atom stereocenters. The molecule has 1 aromatic heterocycles. The average Bonchev–Trinajstić information content (AvgIpc) is 3.36. The van der Waals surface area contributed by atoms with Gasteiger partial charge in [-0.3, -0.25) is 9.59 Å². The zero-order valence-corrected chi connectivity index (χ0v) is 17.5. The van der Waals surface area contributed by atoms with E-state index in [2.05, 4.69) is 15.5 Å². The van der Waals surface area contributed by atoms with Crippen LogP contribution in [0.15, 0.2) is 53.1 Å². The van der Waals surface area contributed by atoms with Crippen molar-refractivity contribution in [2.45, 2.75) is 31.6 Å². The van der Waals surface area contributed by atoms with E-state index in [1.165, 1.54) is 6.42 Å². The molecule has 1 atom stereocenters. The van der Waals surface area contributed by atoms with Crippen LogP contribution in [-0.2, 0) is 9.59 Å². The molecule has 8 heteroatoms. The predicted octanol–water partition coefficient (Wildman–Crippen LogP) is 4.65. The normalized spacial score (nSPS) is 18.8. The predicted molar refractivity (Wildman–Crippen MR) is 117 cm³/mol. The van der Waals surface area contributed by atoms with Crippen molar-refractivity contribution >= 4 is 34.8 Å². The molecule has 0 bridgehead atoms. The molecule has 1 N–H and O–H groups in total. The van der Waals surface area contributed by atoms with E-state index in [0.29, 0.717) is 34.9 Å². The molecule has 2 fully saturated rings. The Kier molecular flexibility index (Phi) is 5.19. The lowest BCUT2D eigenvalue weighted by atomic mass is 9.85. The van der Waals surface area contributed by atoms with Crippen LogP contribution < -0.4 is 10.2 Å². The van der Waals surface area contributed by atoms with E-state index in [4.69, 9.17) is 16.1 Å². The van der Waals surface area contributed by atoms with Gasteiger partial charge in [-0.15, -0.1) is 0 Å². The third-order valence-electron chi connectivity index (χ3n) is 5.92. The number of aromatic nitrogens is 2. The summed E-state index contributed by atoms with van der Waals surface area (Å²) in [7, 11) is 0. The lowest BCUT2D eigenvalue weighted by Gasteiger charge is -2.20. The number of rotatable bonds is 5. The average molecular weight is 437 g/mol. The largest absolute Gasteiger partial charge is 0.339 e. The number of anilines is 2. The molecule has 2 aliphatic rings. The highest BCUT2D eigenvalue weighted by Gasteiger charge is 2.35. The maximum Gasteiger partial charge on any atom is 0.230 e. The van der Waals surface area contributed by atoms with Gasteiger partial charge in [-0.25, -0.2) is 0 Å². The van der Waals surface area contributed by atoms with Gasteiger partial charge in [-0.2, -0.15) is 4.98 Å². The van der Waals surface area contributed by atoms with E-state index in [1.807, 2.05) is 24.3 Å². The molecular formula is C23H21ClN4O3. The van der Waals surface area contributed by atoms with E-state index < -0.39 is 5.92 Å². The van der Waals surface area contributed by atoms with E-state index in [0.717, 1.165) is 24.1 Å². The van der Waals surface area contributed by atoms with Crippen molar-refractivity contribution in [3.63, 3.8) is 0 Å². The van der Waals surface area contributed by atoms with Gasteiger partial charge < -0.3 is 14.7 Å². The van der Waals surface area contributed by atoms with E-state index in [9.17, 15) is 9.59 Å². The Labute approximate surface area is 184 Å². The van der Waals surface area contributed by atoms with Crippen LogP contribution >= 0.6 is 11.6 Å². The maximum atomic E-state index is 12.7. The van der Waals surface area contributed by atoms with Gasteiger partial charge in [0, 0.05) is 40.8 Å². The highest BCUT2D eigenvalue weighted by molar-refractivity contribution is 6.30. The Morgan fingerprint density at radius 2 is 1.97 bits per heavy atom. The van der Waals surface area contributed by atoms with Gasteiger partial charge in [0.15, 0.2) is 0 Å². The van der Waals surface area contributed by atoms with Gasteiger partial charge >= 0.3 is 0 Å². The van der Waals surface area contributed by atoms with E-state index in [-0.39, 0.29) is 18.2 Å². The standard InChI is InChI=1S/C23H21ClN4O3/c24-17-7-9-18(10-8-17)25-22(30)16-12-20(29)28(13-16)19-6-2-5-15(11-19)21-26-23(31-27-21)14-3-1-4-14/h2,5-11,14,16H,1,3-4,12-13H2,(H,25,30)/t16-/m0/s1. The Morgan fingerprint density at radius 1 is 1.16 bits per heavy atom. The Balaban J connectivity index is 1.29. The summed E-state index contributed by atoms with van der Waals surface area (Å²) in [5.74, 6) is 0.872. The van der Waals surface area contributed by atoms with Crippen molar-refractivity contribution in [1.29, 1.82) is 0 Å². The Bertz CT molecular complexity index is 1120. The first kappa shape index (κ1) is 19.8. The third kappa shape index (κ3) is 4.05. The zero-order chi connectivity index (χ0) is 21.4. The second kappa shape index (κ2) is 8.15. The van der Waals surface area contributed by atoms with Crippen molar-refractivity contribution in [3.8, 4) is 11.4 Å². The molecule has 31 heavy (non-hydrogen) atoms. The molecule has 2 heterocycles. The zero-order valence-electron chi connectivity index (χ0n) is 16.8. The summed E-state index contributed by atoms with van der Waals surface area (Å²) in [5.41, 5.74) is 2.16. The monoisotopic (exact) mass is 436 g/mol.